The van der Waals surface area contributed by atoms with E-state index in [1.807, 2.05) is 7.05 Å². The van der Waals surface area contributed by atoms with Gasteiger partial charge in [0.25, 0.3) is 0 Å². The Morgan fingerprint density at radius 2 is 1.85 bits per heavy atom. The van der Waals surface area contributed by atoms with Crippen LogP contribution in [0.4, 0.5) is 5.69 Å². The van der Waals surface area contributed by atoms with Gasteiger partial charge in [0.15, 0.2) is 0 Å². The molecular weight excluding hydrogens is 368 g/mol. The van der Waals surface area contributed by atoms with Gasteiger partial charge in [0, 0.05) is 44.8 Å². The lowest BCUT2D eigenvalue weighted by molar-refractivity contribution is -0.131. The summed E-state index contributed by atoms with van der Waals surface area (Å²) >= 11 is 0. The third-order valence-corrected chi connectivity index (χ3v) is 6.72. The predicted molar refractivity (Wildman–Crippen MR) is 102 cm³/mol. The van der Waals surface area contributed by atoms with E-state index in [1.54, 1.807) is 28.9 Å². The van der Waals surface area contributed by atoms with Gasteiger partial charge in [0.2, 0.25) is 21.8 Å². The number of rotatable bonds is 5. The molecule has 9 heteroatoms. The number of anilines is 1. The van der Waals surface area contributed by atoms with E-state index in [0.29, 0.717) is 37.3 Å². The summed E-state index contributed by atoms with van der Waals surface area (Å²) in [6.45, 7) is 4.78. The minimum absolute atomic E-state index is 0.00542. The van der Waals surface area contributed by atoms with Crippen LogP contribution in [-0.4, -0.2) is 76.3 Å². The molecule has 2 aliphatic heterocycles. The van der Waals surface area contributed by atoms with Crippen LogP contribution in [0.3, 0.4) is 0 Å². The number of hydrogen-bond donors (Lipinski definition) is 1. The van der Waals surface area contributed by atoms with Crippen LogP contribution in [0, 0.1) is 6.92 Å². The summed E-state index contributed by atoms with van der Waals surface area (Å²) in [5.74, 6) is -0.221. The molecule has 0 aliphatic carbocycles. The summed E-state index contributed by atoms with van der Waals surface area (Å²) in [5, 5.41) is 0. The lowest BCUT2D eigenvalue weighted by Gasteiger charge is -2.32. The van der Waals surface area contributed by atoms with Crippen LogP contribution in [0.5, 0.6) is 0 Å². The summed E-state index contributed by atoms with van der Waals surface area (Å²) in [6.07, 6.45) is 1.25. The molecule has 0 aromatic heterocycles. The van der Waals surface area contributed by atoms with E-state index in [2.05, 4.69) is 9.62 Å². The minimum Gasteiger partial charge on any atom is -0.339 e. The number of likely N-dealkylation sites (N-methyl/N-ethyl adjacent to an activating group) is 1. The average Bonchev–Trinajstić information content (AvgIpc) is 3.06. The lowest BCUT2D eigenvalue weighted by atomic mass is 10.2. The maximum atomic E-state index is 12.7. The first-order chi connectivity index (χ1) is 12.8. The van der Waals surface area contributed by atoms with E-state index < -0.39 is 10.0 Å². The number of carbonyl (C=O) groups excluding carboxylic acids is 2. The molecule has 0 spiro atoms. The standard InChI is InChI=1S/C18H26N4O4S/c1-14-15(22-8-4-7-17(22)23)5-3-6-16(14)27(25,26)19-13-18(24)21-11-9-20(2)10-12-21/h3,5-6,19H,4,7-13H2,1-2H3. The van der Waals surface area contributed by atoms with Gasteiger partial charge in [-0.15, -0.1) is 0 Å². The number of carbonyl (C=O) groups is 2. The molecule has 27 heavy (non-hydrogen) atoms. The second kappa shape index (κ2) is 7.95. The third kappa shape index (κ3) is 4.31. The predicted octanol–water partition coefficient (Wildman–Crippen LogP) is 0.174. The maximum absolute atomic E-state index is 12.7. The molecule has 2 fully saturated rings. The normalized spacial score (nSPS) is 19.0. The van der Waals surface area contributed by atoms with Crippen molar-refractivity contribution >= 4 is 27.5 Å². The van der Waals surface area contributed by atoms with Crippen molar-refractivity contribution in [3.63, 3.8) is 0 Å². The van der Waals surface area contributed by atoms with Crippen LogP contribution >= 0.6 is 0 Å². The Morgan fingerprint density at radius 1 is 1.15 bits per heavy atom. The van der Waals surface area contributed by atoms with Crippen LogP contribution in [0.25, 0.3) is 0 Å². The summed E-state index contributed by atoms with van der Waals surface area (Å²) in [4.78, 5) is 29.9. The van der Waals surface area contributed by atoms with E-state index in [9.17, 15) is 18.0 Å². The van der Waals surface area contributed by atoms with Crippen LogP contribution < -0.4 is 9.62 Å². The molecule has 0 bridgehead atoms. The van der Waals surface area contributed by atoms with E-state index in [0.717, 1.165) is 19.5 Å². The fourth-order valence-corrected chi connectivity index (χ4v) is 4.73. The zero-order valence-corrected chi connectivity index (χ0v) is 16.6. The number of amides is 2. The van der Waals surface area contributed by atoms with Gasteiger partial charge in [-0.2, -0.15) is 0 Å². The highest BCUT2D eigenvalue weighted by Crippen LogP contribution is 2.29. The first-order valence-corrected chi connectivity index (χ1v) is 10.6. The lowest BCUT2D eigenvalue weighted by Crippen LogP contribution is -2.50. The largest absolute Gasteiger partial charge is 0.339 e. The molecule has 8 nitrogen and oxygen atoms in total. The number of benzene rings is 1. The van der Waals surface area contributed by atoms with Crippen LogP contribution in [0.1, 0.15) is 18.4 Å². The van der Waals surface area contributed by atoms with Crippen molar-refractivity contribution in [3.8, 4) is 0 Å². The Balaban J connectivity index is 1.71. The number of hydrogen-bond acceptors (Lipinski definition) is 5. The molecule has 1 aromatic rings. The molecular formula is C18H26N4O4S. The molecule has 2 amide bonds. The first kappa shape index (κ1) is 19.8. The zero-order valence-electron chi connectivity index (χ0n) is 15.8. The Bertz CT molecular complexity index is 832. The molecule has 0 atom stereocenters. The molecule has 2 saturated heterocycles. The van der Waals surface area contributed by atoms with E-state index >= 15 is 0 Å². The van der Waals surface area contributed by atoms with Crippen molar-refractivity contribution in [1.29, 1.82) is 0 Å². The second-order valence-corrected chi connectivity index (χ2v) is 8.79. The van der Waals surface area contributed by atoms with Crippen LogP contribution in [0.2, 0.25) is 0 Å². The summed E-state index contributed by atoms with van der Waals surface area (Å²) in [5.41, 5.74) is 1.14. The fraction of sp³-hybridized carbons (Fsp3) is 0.556. The van der Waals surface area contributed by atoms with Crippen molar-refractivity contribution < 1.29 is 18.0 Å². The monoisotopic (exact) mass is 394 g/mol. The van der Waals surface area contributed by atoms with E-state index in [4.69, 9.17) is 0 Å². The number of sulfonamides is 1. The van der Waals surface area contributed by atoms with Crippen molar-refractivity contribution in [2.24, 2.45) is 0 Å². The van der Waals surface area contributed by atoms with Gasteiger partial charge in [-0.05, 0) is 38.1 Å². The molecule has 3 rings (SSSR count). The van der Waals surface area contributed by atoms with Crippen LogP contribution in [0.15, 0.2) is 23.1 Å². The van der Waals surface area contributed by atoms with Gasteiger partial charge in [-0.25, -0.2) is 13.1 Å². The summed E-state index contributed by atoms with van der Waals surface area (Å²) in [6, 6.07) is 4.89. The Labute approximate surface area is 160 Å². The van der Waals surface area contributed by atoms with Gasteiger partial charge < -0.3 is 14.7 Å². The third-order valence-electron chi connectivity index (χ3n) is 5.18. The van der Waals surface area contributed by atoms with Gasteiger partial charge in [0.05, 0.1) is 11.4 Å². The molecule has 2 aliphatic rings. The summed E-state index contributed by atoms with van der Waals surface area (Å²) < 4.78 is 27.9. The maximum Gasteiger partial charge on any atom is 0.241 e. The van der Waals surface area contributed by atoms with Gasteiger partial charge in [0.1, 0.15) is 0 Å². The highest BCUT2D eigenvalue weighted by atomic mass is 32.2. The second-order valence-electron chi connectivity index (χ2n) is 7.06. The Morgan fingerprint density at radius 3 is 2.48 bits per heavy atom. The number of piperazine rings is 1. The quantitative estimate of drug-likeness (QED) is 0.769. The Hall–Kier alpha value is -1.97. The van der Waals surface area contributed by atoms with Crippen molar-refractivity contribution in [2.45, 2.75) is 24.7 Å². The molecule has 1 N–H and O–H groups in total. The SMILES string of the molecule is Cc1c(N2CCCC2=O)cccc1S(=O)(=O)NCC(=O)N1CCN(C)CC1. The highest BCUT2D eigenvalue weighted by Gasteiger charge is 2.27. The average molecular weight is 394 g/mol. The first-order valence-electron chi connectivity index (χ1n) is 9.15. The van der Waals surface area contributed by atoms with Crippen molar-refractivity contribution in [2.75, 3.05) is 51.2 Å². The molecule has 0 radical (unpaired) electrons. The smallest absolute Gasteiger partial charge is 0.241 e. The number of nitrogens with zero attached hydrogens (tertiary/aromatic N) is 3. The molecule has 1 aromatic carbocycles. The van der Waals surface area contributed by atoms with Crippen LogP contribution in [-0.2, 0) is 19.6 Å². The van der Waals surface area contributed by atoms with E-state index in [-0.39, 0.29) is 23.3 Å². The van der Waals surface area contributed by atoms with Crippen molar-refractivity contribution in [1.82, 2.24) is 14.5 Å². The van der Waals surface area contributed by atoms with Gasteiger partial charge in [-0.3, -0.25) is 9.59 Å². The zero-order chi connectivity index (χ0) is 19.6. The van der Waals surface area contributed by atoms with Gasteiger partial charge in [-0.1, -0.05) is 6.07 Å². The highest BCUT2D eigenvalue weighted by molar-refractivity contribution is 7.89. The minimum atomic E-state index is -3.85. The Kier molecular flexibility index (Phi) is 5.83. The fourth-order valence-electron chi connectivity index (χ4n) is 3.49. The topological polar surface area (TPSA) is 90.0 Å². The van der Waals surface area contributed by atoms with Crippen molar-refractivity contribution in [3.05, 3.63) is 23.8 Å². The summed E-state index contributed by atoms with van der Waals surface area (Å²) in [7, 11) is -1.86. The molecule has 0 unspecified atom stereocenters. The number of nitrogens with one attached hydrogen (secondary N) is 1. The molecule has 2 heterocycles. The molecule has 0 saturated carbocycles. The van der Waals surface area contributed by atoms with E-state index in [1.165, 1.54) is 6.07 Å². The molecule has 148 valence electrons. The van der Waals surface area contributed by atoms with Gasteiger partial charge >= 0.3 is 0 Å².